The molecule has 3 heteroatoms. The van der Waals surface area contributed by atoms with Crippen molar-refractivity contribution < 1.29 is 9.90 Å². The molecule has 0 radical (unpaired) electrons. The lowest BCUT2D eigenvalue weighted by molar-refractivity contribution is -0.149. The summed E-state index contributed by atoms with van der Waals surface area (Å²) in [5.74, 6) is -0.726. The number of aliphatic hydroxyl groups is 1. The third-order valence-electron chi connectivity index (χ3n) is 3.63. The number of hydrogen-bond donors (Lipinski definition) is 2. The first-order chi connectivity index (χ1) is 8.51. The van der Waals surface area contributed by atoms with E-state index in [2.05, 4.69) is 0 Å². The van der Waals surface area contributed by atoms with Gasteiger partial charge in [0.05, 0.1) is 0 Å². The molecule has 3 N–H and O–H groups in total. The van der Waals surface area contributed by atoms with Gasteiger partial charge in [-0.05, 0) is 12.0 Å². The molecule has 1 aromatic rings. The summed E-state index contributed by atoms with van der Waals surface area (Å²) in [5.41, 5.74) is 3.57. The SMILES string of the molecule is CC1([C@@](O)(C(N)=O)c2ccccc2)C=CC=CC1. The largest absolute Gasteiger partial charge is 0.375 e. The monoisotopic (exact) mass is 243 g/mol. The molecule has 2 rings (SSSR count). The minimum Gasteiger partial charge on any atom is -0.375 e. The quantitative estimate of drug-likeness (QED) is 0.851. The number of allylic oxidation sites excluding steroid dienone is 3. The zero-order valence-corrected chi connectivity index (χ0v) is 10.3. The van der Waals surface area contributed by atoms with Crippen LogP contribution >= 0.6 is 0 Å². The Hall–Kier alpha value is -1.87. The van der Waals surface area contributed by atoms with Gasteiger partial charge < -0.3 is 10.8 Å². The number of nitrogens with two attached hydrogens (primary N) is 1. The van der Waals surface area contributed by atoms with Crippen LogP contribution in [0.2, 0.25) is 0 Å². The van der Waals surface area contributed by atoms with Crippen LogP contribution in [0.1, 0.15) is 18.9 Å². The van der Waals surface area contributed by atoms with Gasteiger partial charge in [-0.3, -0.25) is 4.79 Å². The van der Waals surface area contributed by atoms with E-state index >= 15 is 0 Å². The molecule has 0 heterocycles. The first kappa shape index (κ1) is 12.6. The van der Waals surface area contributed by atoms with Gasteiger partial charge >= 0.3 is 0 Å². The first-order valence-electron chi connectivity index (χ1n) is 5.93. The van der Waals surface area contributed by atoms with Crippen molar-refractivity contribution in [2.75, 3.05) is 0 Å². The fourth-order valence-electron chi connectivity index (χ4n) is 2.43. The lowest BCUT2D eigenvalue weighted by Crippen LogP contribution is -2.52. The van der Waals surface area contributed by atoms with E-state index in [4.69, 9.17) is 5.73 Å². The maximum Gasteiger partial charge on any atom is 0.254 e. The van der Waals surface area contributed by atoms with E-state index in [0.717, 1.165) is 0 Å². The Morgan fingerprint density at radius 2 is 2.00 bits per heavy atom. The van der Waals surface area contributed by atoms with Crippen LogP contribution in [-0.4, -0.2) is 11.0 Å². The lowest BCUT2D eigenvalue weighted by atomic mass is 9.66. The van der Waals surface area contributed by atoms with E-state index in [1.165, 1.54) is 0 Å². The smallest absolute Gasteiger partial charge is 0.254 e. The van der Waals surface area contributed by atoms with Crippen molar-refractivity contribution in [3.8, 4) is 0 Å². The van der Waals surface area contributed by atoms with Gasteiger partial charge in [-0.25, -0.2) is 0 Å². The van der Waals surface area contributed by atoms with Crippen molar-refractivity contribution in [3.05, 3.63) is 60.2 Å². The second-order valence-corrected chi connectivity index (χ2v) is 4.85. The fraction of sp³-hybridized carbons (Fsp3) is 0.267. The van der Waals surface area contributed by atoms with Crippen LogP contribution in [-0.2, 0) is 10.4 Å². The van der Waals surface area contributed by atoms with Gasteiger partial charge in [0, 0.05) is 5.41 Å². The summed E-state index contributed by atoms with van der Waals surface area (Å²) < 4.78 is 0. The van der Waals surface area contributed by atoms with Crippen LogP contribution in [0.25, 0.3) is 0 Å². The summed E-state index contributed by atoms with van der Waals surface area (Å²) in [6.45, 7) is 1.84. The molecule has 1 aromatic carbocycles. The second-order valence-electron chi connectivity index (χ2n) is 4.85. The van der Waals surface area contributed by atoms with Gasteiger partial charge in [-0.15, -0.1) is 0 Å². The maximum absolute atomic E-state index is 11.8. The number of rotatable bonds is 3. The van der Waals surface area contributed by atoms with E-state index in [1.807, 2.05) is 37.3 Å². The molecular formula is C15H17NO2. The van der Waals surface area contributed by atoms with Crippen molar-refractivity contribution in [3.63, 3.8) is 0 Å². The van der Waals surface area contributed by atoms with Crippen LogP contribution in [0.4, 0.5) is 0 Å². The third-order valence-corrected chi connectivity index (χ3v) is 3.63. The topological polar surface area (TPSA) is 63.3 Å². The van der Waals surface area contributed by atoms with E-state index in [1.54, 1.807) is 24.3 Å². The normalized spacial score (nSPS) is 25.7. The molecule has 94 valence electrons. The molecule has 0 aromatic heterocycles. The number of primary amides is 1. The Labute approximate surface area is 107 Å². The van der Waals surface area contributed by atoms with E-state index in [9.17, 15) is 9.90 Å². The van der Waals surface area contributed by atoms with Crippen LogP contribution in [0, 0.1) is 5.41 Å². The highest BCUT2D eigenvalue weighted by Crippen LogP contribution is 2.45. The molecule has 18 heavy (non-hydrogen) atoms. The van der Waals surface area contributed by atoms with Crippen molar-refractivity contribution in [2.24, 2.45) is 11.1 Å². The fourth-order valence-corrected chi connectivity index (χ4v) is 2.43. The lowest BCUT2D eigenvalue weighted by Gasteiger charge is -2.41. The predicted octanol–water partition coefficient (Wildman–Crippen LogP) is 1.88. The molecule has 2 atom stereocenters. The number of carbonyl (C=O) groups is 1. The van der Waals surface area contributed by atoms with E-state index in [0.29, 0.717) is 12.0 Å². The van der Waals surface area contributed by atoms with Crippen molar-refractivity contribution in [1.82, 2.24) is 0 Å². The Balaban J connectivity index is 2.55. The Bertz CT molecular complexity index is 506. The molecule has 1 unspecified atom stereocenters. The van der Waals surface area contributed by atoms with Gasteiger partial charge in [0.1, 0.15) is 0 Å². The number of amides is 1. The molecule has 1 aliphatic carbocycles. The Morgan fingerprint density at radius 1 is 1.33 bits per heavy atom. The summed E-state index contributed by atoms with van der Waals surface area (Å²) in [7, 11) is 0. The predicted molar refractivity (Wildman–Crippen MR) is 70.5 cm³/mol. The third kappa shape index (κ3) is 1.77. The van der Waals surface area contributed by atoms with Gasteiger partial charge in [0.15, 0.2) is 5.60 Å². The molecule has 0 saturated carbocycles. The van der Waals surface area contributed by atoms with E-state index < -0.39 is 16.9 Å². The molecular weight excluding hydrogens is 226 g/mol. The van der Waals surface area contributed by atoms with E-state index in [-0.39, 0.29) is 0 Å². The molecule has 1 amide bonds. The van der Waals surface area contributed by atoms with Gasteiger partial charge in [-0.1, -0.05) is 61.6 Å². The van der Waals surface area contributed by atoms with Crippen molar-refractivity contribution >= 4 is 5.91 Å². The van der Waals surface area contributed by atoms with Crippen LogP contribution in [0.15, 0.2) is 54.6 Å². The minimum absolute atomic E-state index is 0.528. The molecule has 3 nitrogen and oxygen atoms in total. The highest BCUT2D eigenvalue weighted by atomic mass is 16.3. The Kier molecular flexibility index (Phi) is 3.09. The molecule has 1 aliphatic rings. The summed E-state index contributed by atoms with van der Waals surface area (Å²) >= 11 is 0. The zero-order chi connectivity index (χ0) is 13.2. The first-order valence-corrected chi connectivity index (χ1v) is 5.93. The second kappa shape index (κ2) is 4.42. The Morgan fingerprint density at radius 3 is 2.50 bits per heavy atom. The average Bonchev–Trinajstić information content (AvgIpc) is 2.39. The molecule has 0 saturated heterocycles. The summed E-state index contributed by atoms with van der Waals surface area (Å²) in [5, 5.41) is 10.9. The minimum atomic E-state index is -1.70. The van der Waals surface area contributed by atoms with Crippen molar-refractivity contribution in [2.45, 2.75) is 18.9 Å². The van der Waals surface area contributed by atoms with Gasteiger partial charge in [0.2, 0.25) is 0 Å². The van der Waals surface area contributed by atoms with Gasteiger partial charge in [0.25, 0.3) is 5.91 Å². The highest BCUT2D eigenvalue weighted by molar-refractivity contribution is 5.86. The van der Waals surface area contributed by atoms with Crippen LogP contribution in [0.5, 0.6) is 0 Å². The van der Waals surface area contributed by atoms with Crippen LogP contribution < -0.4 is 5.73 Å². The number of hydrogen-bond acceptors (Lipinski definition) is 2. The molecule has 0 bridgehead atoms. The standard InChI is InChI=1S/C15H17NO2/c1-14(10-6-3-7-11-14)15(18,13(16)17)12-8-4-2-5-9-12/h2-10,18H,11H2,1H3,(H2,16,17)/t14?,15-/m0/s1. The zero-order valence-electron chi connectivity index (χ0n) is 10.3. The molecule has 0 aliphatic heterocycles. The summed E-state index contributed by atoms with van der Waals surface area (Å²) in [6.07, 6.45) is 8.06. The number of carbonyl (C=O) groups excluding carboxylic acids is 1. The highest BCUT2D eigenvalue weighted by Gasteiger charge is 2.51. The summed E-state index contributed by atoms with van der Waals surface area (Å²) in [4.78, 5) is 11.8. The van der Waals surface area contributed by atoms with Crippen molar-refractivity contribution in [1.29, 1.82) is 0 Å². The molecule has 0 fully saturated rings. The molecule has 0 spiro atoms. The summed E-state index contributed by atoms with van der Waals surface area (Å²) in [6, 6.07) is 8.86. The average molecular weight is 243 g/mol. The maximum atomic E-state index is 11.8. The number of benzene rings is 1. The van der Waals surface area contributed by atoms with Crippen LogP contribution in [0.3, 0.4) is 0 Å². The van der Waals surface area contributed by atoms with Gasteiger partial charge in [-0.2, -0.15) is 0 Å².